The number of imidazole rings is 1. The quantitative estimate of drug-likeness (QED) is 0.597. The van der Waals surface area contributed by atoms with Gasteiger partial charge in [-0.05, 0) is 30.5 Å². The van der Waals surface area contributed by atoms with Crippen LogP contribution in [0.1, 0.15) is 24.4 Å². The van der Waals surface area contributed by atoms with E-state index in [-0.39, 0.29) is 17.3 Å². The maximum Gasteiger partial charge on any atom is 0.326 e. The lowest BCUT2D eigenvalue weighted by molar-refractivity contribution is -0.167. The molecule has 2 saturated heterocycles. The third kappa shape index (κ3) is 4.47. The molecular weight excluding hydrogens is 449 g/mol. The molecule has 8 heteroatoms. The number of ether oxygens (including phenoxy) is 2. The number of rotatable bonds is 5. The Kier molecular flexibility index (Phi) is 6.32. The number of fused-ring (bicyclic) bond motifs is 1. The van der Waals surface area contributed by atoms with Crippen molar-refractivity contribution >= 4 is 34.2 Å². The van der Waals surface area contributed by atoms with Crippen LogP contribution in [0, 0.1) is 0 Å². The number of likely N-dealkylation sites (tertiary alicyclic amines) is 1. The molecule has 170 valence electrons. The van der Waals surface area contributed by atoms with E-state index in [2.05, 4.69) is 34.1 Å². The highest BCUT2D eigenvalue weighted by molar-refractivity contribution is 6.42. The average molecular weight is 476 g/mol. The van der Waals surface area contributed by atoms with E-state index in [4.69, 9.17) is 32.7 Å². The molecule has 2 aromatic carbocycles. The van der Waals surface area contributed by atoms with Crippen LogP contribution in [0.3, 0.4) is 0 Å². The molecule has 0 aliphatic carbocycles. The fourth-order valence-corrected chi connectivity index (χ4v) is 5.38. The van der Waals surface area contributed by atoms with Crippen molar-refractivity contribution in [1.82, 2.24) is 14.5 Å². The molecule has 0 bridgehead atoms. The summed E-state index contributed by atoms with van der Waals surface area (Å²) in [5, 5.41) is 0.905. The van der Waals surface area contributed by atoms with E-state index in [9.17, 15) is 4.79 Å². The van der Waals surface area contributed by atoms with E-state index >= 15 is 0 Å². The van der Waals surface area contributed by atoms with Gasteiger partial charge in [-0.3, -0.25) is 4.57 Å². The summed E-state index contributed by atoms with van der Waals surface area (Å²) in [6.45, 7) is 4.48. The summed E-state index contributed by atoms with van der Waals surface area (Å²) < 4.78 is 14.0. The zero-order valence-corrected chi connectivity index (χ0v) is 19.4. The van der Waals surface area contributed by atoms with Gasteiger partial charge in [0, 0.05) is 32.1 Å². The van der Waals surface area contributed by atoms with Gasteiger partial charge in [0.15, 0.2) is 0 Å². The summed E-state index contributed by atoms with van der Waals surface area (Å²) in [5.41, 5.74) is 2.35. The summed E-state index contributed by atoms with van der Waals surface area (Å²) in [6.07, 6.45) is 2.60. The number of halogens is 2. The third-order valence-corrected chi connectivity index (χ3v) is 7.28. The van der Waals surface area contributed by atoms with Crippen LogP contribution in [0.25, 0.3) is 11.0 Å². The molecule has 6 nitrogen and oxygen atoms in total. The average Bonchev–Trinajstić information content (AvgIpc) is 3.10. The van der Waals surface area contributed by atoms with Crippen LogP contribution >= 0.6 is 23.2 Å². The largest absolute Gasteiger partial charge is 0.376 e. The van der Waals surface area contributed by atoms with E-state index in [1.807, 2.05) is 10.6 Å². The molecule has 1 N–H and O–H groups in total. The van der Waals surface area contributed by atoms with Crippen molar-refractivity contribution in [3.05, 3.63) is 68.6 Å². The maximum absolute atomic E-state index is 12.7. The fourth-order valence-electron chi connectivity index (χ4n) is 5.06. The maximum atomic E-state index is 12.7. The van der Waals surface area contributed by atoms with Crippen molar-refractivity contribution in [2.45, 2.75) is 30.9 Å². The van der Waals surface area contributed by atoms with Crippen LogP contribution in [-0.4, -0.2) is 59.5 Å². The first-order chi connectivity index (χ1) is 15.5. The Morgan fingerprint density at radius 2 is 1.81 bits per heavy atom. The SMILES string of the molecule is O=c1[nH]c2cc(Cl)c(Cl)cc2n1C1CCN(CC2(Cc3ccccc3)COCCO2)CC1. The molecule has 1 aromatic heterocycles. The Morgan fingerprint density at radius 1 is 1.06 bits per heavy atom. The Labute approximate surface area is 197 Å². The number of piperidine rings is 1. The lowest BCUT2D eigenvalue weighted by atomic mass is 9.92. The molecule has 3 aromatic rings. The first kappa shape index (κ1) is 22.0. The fraction of sp³-hybridized carbons (Fsp3) is 0.458. The van der Waals surface area contributed by atoms with Gasteiger partial charge in [-0.1, -0.05) is 53.5 Å². The predicted octanol–water partition coefficient (Wildman–Crippen LogP) is 4.30. The summed E-state index contributed by atoms with van der Waals surface area (Å²) in [6, 6.07) is 14.1. The molecule has 0 radical (unpaired) electrons. The highest BCUT2D eigenvalue weighted by atomic mass is 35.5. The van der Waals surface area contributed by atoms with Crippen molar-refractivity contribution < 1.29 is 9.47 Å². The second kappa shape index (κ2) is 9.20. The van der Waals surface area contributed by atoms with Gasteiger partial charge in [-0.15, -0.1) is 0 Å². The van der Waals surface area contributed by atoms with Crippen LogP contribution < -0.4 is 5.69 Å². The van der Waals surface area contributed by atoms with E-state index < -0.39 is 0 Å². The van der Waals surface area contributed by atoms with Crippen LogP contribution in [0.4, 0.5) is 0 Å². The minimum Gasteiger partial charge on any atom is -0.376 e. The number of aromatic nitrogens is 2. The van der Waals surface area contributed by atoms with E-state index in [1.165, 1.54) is 5.56 Å². The monoisotopic (exact) mass is 475 g/mol. The second-order valence-electron chi connectivity index (χ2n) is 8.84. The Morgan fingerprint density at radius 3 is 2.53 bits per heavy atom. The van der Waals surface area contributed by atoms with Crippen molar-refractivity contribution in [1.29, 1.82) is 0 Å². The number of H-pyrrole nitrogens is 1. The Balaban J connectivity index is 1.30. The van der Waals surface area contributed by atoms with Gasteiger partial charge in [-0.2, -0.15) is 0 Å². The number of hydrogen-bond acceptors (Lipinski definition) is 4. The smallest absolute Gasteiger partial charge is 0.326 e. The van der Waals surface area contributed by atoms with Gasteiger partial charge in [0.1, 0.15) is 5.60 Å². The topological polar surface area (TPSA) is 59.5 Å². The second-order valence-corrected chi connectivity index (χ2v) is 9.65. The zero-order chi connectivity index (χ0) is 22.1. The van der Waals surface area contributed by atoms with Crippen molar-refractivity contribution in [2.24, 2.45) is 0 Å². The minimum atomic E-state index is -0.339. The number of aromatic amines is 1. The minimum absolute atomic E-state index is 0.110. The molecule has 0 amide bonds. The first-order valence-corrected chi connectivity index (χ1v) is 11.9. The van der Waals surface area contributed by atoms with Crippen LogP contribution in [0.5, 0.6) is 0 Å². The molecule has 0 saturated carbocycles. The van der Waals surface area contributed by atoms with E-state index in [0.29, 0.717) is 29.9 Å². The molecule has 2 aliphatic rings. The summed E-state index contributed by atoms with van der Waals surface area (Å²) in [7, 11) is 0. The molecule has 2 fully saturated rings. The number of nitrogens with one attached hydrogen (secondary N) is 1. The normalized spacial score (nSPS) is 23.1. The van der Waals surface area contributed by atoms with Crippen LogP contribution in [0.15, 0.2) is 47.3 Å². The Hall–Kier alpha value is -1.83. The standard InChI is InChI=1S/C24H27Cl2N3O3/c25-19-12-21-22(13-20(19)26)29(23(30)27-21)18-6-8-28(9-7-18)15-24(16-31-10-11-32-24)14-17-4-2-1-3-5-17/h1-5,12-13,18H,6-11,14-16H2,(H,27,30). The van der Waals surface area contributed by atoms with Crippen molar-refractivity contribution in [2.75, 3.05) is 39.5 Å². The highest BCUT2D eigenvalue weighted by Crippen LogP contribution is 2.31. The highest BCUT2D eigenvalue weighted by Gasteiger charge is 2.37. The van der Waals surface area contributed by atoms with Gasteiger partial charge in [0.25, 0.3) is 0 Å². The molecule has 1 atom stereocenters. The number of nitrogens with zero attached hydrogens (tertiary/aromatic N) is 2. The summed E-state index contributed by atoms with van der Waals surface area (Å²) in [5.74, 6) is 0. The molecule has 2 aliphatic heterocycles. The summed E-state index contributed by atoms with van der Waals surface area (Å²) >= 11 is 12.4. The van der Waals surface area contributed by atoms with Gasteiger partial charge in [0.2, 0.25) is 0 Å². The number of benzene rings is 2. The Bertz CT molecular complexity index is 1130. The van der Waals surface area contributed by atoms with Crippen molar-refractivity contribution in [3.8, 4) is 0 Å². The summed E-state index contributed by atoms with van der Waals surface area (Å²) in [4.78, 5) is 18.0. The lowest BCUT2D eigenvalue weighted by Crippen LogP contribution is -2.54. The molecule has 3 heterocycles. The zero-order valence-electron chi connectivity index (χ0n) is 17.9. The molecule has 5 rings (SSSR count). The van der Waals surface area contributed by atoms with Gasteiger partial charge < -0.3 is 19.4 Å². The van der Waals surface area contributed by atoms with Gasteiger partial charge in [0.05, 0.1) is 40.9 Å². The molecular formula is C24H27Cl2N3O3. The van der Waals surface area contributed by atoms with Gasteiger partial charge >= 0.3 is 5.69 Å². The molecule has 0 spiro atoms. The van der Waals surface area contributed by atoms with E-state index in [0.717, 1.165) is 49.9 Å². The third-order valence-electron chi connectivity index (χ3n) is 6.56. The van der Waals surface area contributed by atoms with E-state index in [1.54, 1.807) is 12.1 Å². The lowest BCUT2D eigenvalue weighted by Gasteiger charge is -2.43. The molecule has 32 heavy (non-hydrogen) atoms. The number of hydrogen-bond donors (Lipinski definition) is 1. The van der Waals surface area contributed by atoms with Crippen LogP contribution in [-0.2, 0) is 15.9 Å². The van der Waals surface area contributed by atoms with Crippen molar-refractivity contribution in [3.63, 3.8) is 0 Å². The van der Waals surface area contributed by atoms with Gasteiger partial charge in [-0.25, -0.2) is 4.79 Å². The predicted molar refractivity (Wildman–Crippen MR) is 127 cm³/mol. The van der Waals surface area contributed by atoms with Crippen LogP contribution in [0.2, 0.25) is 10.0 Å². The molecule has 1 unspecified atom stereocenters. The first-order valence-electron chi connectivity index (χ1n) is 11.1.